The van der Waals surface area contributed by atoms with Crippen LogP contribution in [0.4, 0.5) is 45.5 Å². The summed E-state index contributed by atoms with van der Waals surface area (Å²) in [6.45, 7) is 4.10. The van der Waals surface area contributed by atoms with Gasteiger partial charge < -0.3 is 9.80 Å². The molecule has 0 spiro atoms. The van der Waals surface area contributed by atoms with Gasteiger partial charge >= 0.3 is 0 Å². The van der Waals surface area contributed by atoms with Gasteiger partial charge in [0, 0.05) is 44.1 Å². The normalized spacial score (nSPS) is 10.9. The van der Waals surface area contributed by atoms with Gasteiger partial charge in [0.2, 0.25) is 0 Å². The van der Waals surface area contributed by atoms with Crippen LogP contribution in [0, 0.1) is 13.8 Å². The lowest BCUT2D eigenvalue weighted by molar-refractivity contribution is 1.15. The van der Waals surface area contributed by atoms with E-state index in [4.69, 9.17) is 0 Å². The highest BCUT2D eigenvalue weighted by atomic mass is 15.2. The summed E-state index contributed by atoms with van der Waals surface area (Å²) in [4.78, 5) is 12.3. The molecule has 0 radical (unpaired) electrons. The molecule has 0 saturated heterocycles. The smallest absolute Gasteiger partial charge is 0.110 e. The molecule has 2 aromatic heterocycles. The van der Waals surface area contributed by atoms with E-state index in [1.54, 1.807) is 24.8 Å². The van der Waals surface area contributed by atoms with Crippen LogP contribution in [-0.4, -0.2) is 24.1 Å². The van der Waals surface area contributed by atoms with Crippen LogP contribution in [-0.2, 0) is 0 Å². The zero-order chi connectivity index (χ0) is 32.1. The maximum atomic E-state index is 4.44. The predicted molar refractivity (Wildman–Crippen MR) is 188 cm³/mol. The van der Waals surface area contributed by atoms with E-state index in [0.717, 1.165) is 56.6 Å². The third kappa shape index (κ3) is 8.54. The van der Waals surface area contributed by atoms with E-state index in [1.165, 1.54) is 0 Å². The van der Waals surface area contributed by atoms with Gasteiger partial charge in [-0.3, -0.25) is 9.97 Å². The fourth-order valence-corrected chi connectivity index (χ4v) is 4.62. The van der Waals surface area contributed by atoms with Crippen LogP contribution in [0.15, 0.2) is 167 Å². The Labute approximate surface area is 270 Å². The Balaban J connectivity index is 0.000000181. The van der Waals surface area contributed by atoms with Gasteiger partial charge in [-0.15, -0.1) is 15.3 Å². The minimum absolute atomic E-state index is 0.738. The number of anilines is 4. The fraction of sp³-hybridized carbons (Fsp3) is 0.105. The Hall–Kier alpha value is -6.02. The zero-order valence-corrected chi connectivity index (χ0v) is 26.4. The first-order chi connectivity index (χ1) is 22.5. The van der Waals surface area contributed by atoms with E-state index in [9.17, 15) is 0 Å². The zero-order valence-electron chi connectivity index (χ0n) is 26.4. The van der Waals surface area contributed by atoms with Crippen molar-refractivity contribution < 1.29 is 0 Å². The van der Waals surface area contributed by atoms with Crippen LogP contribution in [0.1, 0.15) is 11.1 Å². The molecule has 8 heteroatoms. The SMILES string of the molecule is Cc1ccc(N(C)c2ccccc2)c(N=Nc2cccnc2)c1.Cc1ccc(N(C)c2ccccc2)c(N=Nc2ccncc2)c1. The average Bonchev–Trinajstić information content (AvgIpc) is 3.11. The molecule has 4 aromatic carbocycles. The highest BCUT2D eigenvalue weighted by Gasteiger charge is 2.11. The molecule has 8 nitrogen and oxygen atoms in total. The molecule has 0 atom stereocenters. The molecule has 0 unspecified atom stereocenters. The number of aromatic nitrogens is 2. The number of pyridine rings is 2. The van der Waals surface area contributed by atoms with E-state index in [0.29, 0.717) is 0 Å². The second kappa shape index (κ2) is 15.6. The van der Waals surface area contributed by atoms with Crippen LogP contribution in [0.3, 0.4) is 0 Å². The Morgan fingerprint density at radius 2 is 0.957 bits per heavy atom. The van der Waals surface area contributed by atoms with Crippen molar-refractivity contribution in [2.24, 2.45) is 20.5 Å². The topological polar surface area (TPSA) is 81.7 Å². The molecule has 0 saturated carbocycles. The highest BCUT2D eigenvalue weighted by molar-refractivity contribution is 5.75. The van der Waals surface area contributed by atoms with E-state index in [1.807, 2.05) is 86.9 Å². The molecule has 0 aliphatic carbocycles. The number of aryl methyl sites for hydroxylation is 2. The van der Waals surface area contributed by atoms with Crippen molar-refractivity contribution in [3.63, 3.8) is 0 Å². The third-order valence-corrected chi connectivity index (χ3v) is 7.13. The summed E-state index contributed by atoms with van der Waals surface area (Å²) in [6.07, 6.45) is 6.84. The molecular formula is C38H36N8. The van der Waals surface area contributed by atoms with Crippen molar-refractivity contribution in [2.75, 3.05) is 23.9 Å². The number of hydrogen-bond donors (Lipinski definition) is 0. The lowest BCUT2D eigenvalue weighted by Gasteiger charge is -2.21. The molecule has 0 N–H and O–H groups in total. The maximum absolute atomic E-state index is 4.44. The van der Waals surface area contributed by atoms with Crippen LogP contribution in [0.25, 0.3) is 0 Å². The summed E-state index contributed by atoms with van der Waals surface area (Å²) < 4.78 is 0. The quantitative estimate of drug-likeness (QED) is 0.162. The highest BCUT2D eigenvalue weighted by Crippen LogP contribution is 2.36. The average molecular weight is 605 g/mol. The van der Waals surface area contributed by atoms with E-state index in [2.05, 4.69) is 103 Å². The summed E-state index contributed by atoms with van der Waals surface area (Å²) in [5, 5.41) is 17.5. The molecule has 6 aromatic rings. The molecule has 0 fully saturated rings. The van der Waals surface area contributed by atoms with Crippen molar-refractivity contribution >= 4 is 45.5 Å². The Kier molecular flexibility index (Phi) is 10.7. The molecule has 0 aliphatic rings. The van der Waals surface area contributed by atoms with Crippen molar-refractivity contribution in [3.05, 3.63) is 157 Å². The van der Waals surface area contributed by atoms with Gasteiger partial charge in [0.1, 0.15) is 17.1 Å². The van der Waals surface area contributed by atoms with Crippen molar-refractivity contribution in [2.45, 2.75) is 13.8 Å². The second-order valence-electron chi connectivity index (χ2n) is 10.6. The number of benzene rings is 4. The number of hydrogen-bond acceptors (Lipinski definition) is 8. The third-order valence-electron chi connectivity index (χ3n) is 7.13. The number of para-hydroxylation sites is 2. The molecule has 228 valence electrons. The summed E-state index contributed by atoms with van der Waals surface area (Å²) in [6, 6.07) is 40.2. The lowest BCUT2D eigenvalue weighted by atomic mass is 10.1. The van der Waals surface area contributed by atoms with Crippen LogP contribution < -0.4 is 9.80 Å². The Bertz CT molecular complexity index is 1740. The monoisotopic (exact) mass is 604 g/mol. The van der Waals surface area contributed by atoms with Crippen molar-refractivity contribution in [1.82, 2.24) is 9.97 Å². The summed E-state index contributed by atoms with van der Waals surface area (Å²) in [5.74, 6) is 0. The number of azo groups is 2. The van der Waals surface area contributed by atoms with Crippen LogP contribution >= 0.6 is 0 Å². The summed E-state index contributed by atoms with van der Waals surface area (Å²) in [7, 11) is 4.06. The lowest BCUT2D eigenvalue weighted by Crippen LogP contribution is -2.09. The van der Waals surface area contributed by atoms with Crippen LogP contribution in [0.2, 0.25) is 0 Å². The predicted octanol–water partition coefficient (Wildman–Crippen LogP) is 11.1. The van der Waals surface area contributed by atoms with Crippen molar-refractivity contribution in [1.29, 1.82) is 0 Å². The molecule has 6 rings (SSSR count). The van der Waals surface area contributed by atoms with E-state index >= 15 is 0 Å². The Morgan fingerprint density at radius 3 is 1.43 bits per heavy atom. The molecular weight excluding hydrogens is 568 g/mol. The molecule has 0 amide bonds. The van der Waals surface area contributed by atoms with Crippen molar-refractivity contribution in [3.8, 4) is 0 Å². The minimum atomic E-state index is 0.738. The van der Waals surface area contributed by atoms with Gasteiger partial charge in [0.05, 0.1) is 23.3 Å². The van der Waals surface area contributed by atoms with E-state index < -0.39 is 0 Å². The van der Waals surface area contributed by atoms with Gasteiger partial charge in [-0.1, -0.05) is 48.5 Å². The van der Waals surface area contributed by atoms with Gasteiger partial charge in [-0.25, -0.2) is 0 Å². The molecule has 46 heavy (non-hydrogen) atoms. The molecule has 0 aliphatic heterocycles. The molecule has 0 bridgehead atoms. The van der Waals surface area contributed by atoms with Gasteiger partial charge in [0.25, 0.3) is 0 Å². The Morgan fingerprint density at radius 1 is 0.457 bits per heavy atom. The van der Waals surface area contributed by atoms with Gasteiger partial charge in [-0.2, -0.15) is 5.11 Å². The summed E-state index contributed by atoms with van der Waals surface area (Å²) >= 11 is 0. The van der Waals surface area contributed by atoms with Gasteiger partial charge in [0.15, 0.2) is 0 Å². The first-order valence-corrected chi connectivity index (χ1v) is 14.9. The second-order valence-corrected chi connectivity index (χ2v) is 10.6. The number of nitrogens with zero attached hydrogens (tertiary/aromatic N) is 8. The van der Waals surface area contributed by atoms with E-state index in [-0.39, 0.29) is 0 Å². The fourth-order valence-electron chi connectivity index (χ4n) is 4.62. The maximum Gasteiger partial charge on any atom is 0.110 e. The first kappa shape index (κ1) is 31.4. The molecule has 2 heterocycles. The first-order valence-electron chi connectivity index (χ1n) is 14.9. The standard InChI is InChI=1S/2C19H18N4/c1-15-10-11-19(23(2)17-8-4-3-5-9-17)18(13-15)22-21-16-7-6-12-20-14-16;1-15-8-9-19(23(2)17-6-4-3-5-7-17)18(14-15)22-21-16-10-12-20-13-11-16/h2*3-14H,1-2H3. The van der Waals surface area contributed by atoms with Crippen LogP contribution in [0.5, 0.6) is 0 Å². The summed E-state index contributed by atoms with van der Waals surface area (Å²) in [5.41, 5.74) is 9.74. The van der Waals surface area contributed by atoms with Gasteiger partial charge in [-0.05, 0) is 97.8 Å². The number of rotatable bonds is 8. The largest absolute Gasteiger partial charge is 0.343 e. The minimum Gasteiger partial charge on any atom is -0.343 e.